The zero-order valence-corrected chi connectivity index (χ0v) is 17.0. The number of hydrogen-bond acceptors (Lipinski definition) is 5. The van der Waals surface area contributed by atoms with Gasteiger partial charge >= 0.3 is 5.97 Å². The third-order valence-corrected chi connectivity index (χ3v) is 5.81. The Hall–Kier alpha value is -2.53. The number of carbonyl (C=O) groups excluding carboxylic acids is 1. The second-order valence-corrected chi connectivity index (χ2v) is 8.02. The van der Waals surface area contributed by atoms with Crippen molar-refractivity contribution in [2.24, 2.45) is 0 Å². The number of hydrogen-bond donors (Lipinski definition) is 1. The molecule has 29 heavy (non-hydrogen) atoms. The highest BCUT2D eigenvalue weighted by Gasteiger charge is 2.30. The van der Waals surface area contributed by atoms with Crippen LogP contribution in [0.5, 0.6) is 11.5 Å². The van der Waals surface area contributed by atoms with Crippen molar-refractivity contribution < 1.29 is 19.4 Å². The minimum atomic E-state index is -0.268. The number of esters is 1. The first-order valence-electron chi connectivity index (χ1n) is 10.6. The number of fused-ring (bicyclic) bond motifs is 1. The van der Waals surface area contributed by atoms with Crippen LogP contribution in [0.15, 0.2) is 36.4 Å². The molecule has 5 heteroatoms. The molecule has 2 aromatic rings. The fraction of sp³-hybridized carbons (Fsp3) is 0.458. The molecule has 0 spiro atoms. The summed E-state index contributed by atoms with van der Waals surface area (Å²) in [5, 5.41) is 10.4. The van der Waals surface area contributed by atoms with E-state index >= 15 is 0 Å². The summed E-state index contributed by atoms with van der Waals surface area (Å²) in [5.74, 6) is 0.683. The van der Waals surface area contributed by atoms with Crippen molar-refractivity contribution in [1.82, 2.24) is 4.90 Å². The van der Waals surface area contributed by atoms with Crippen LogP contribution in [0, 0.1) is 0 Å². The Balaban J connectivity index is 1.38. The molecule has 2 heterocycles. The lowest BCUT2D eigenvalue weighted by molar-refractivity contribution is 0.0364. The summed E-state index contributed by atoms with van der Waals surface area (Å²) in [6.07, 6.45) is 5.31. The van der Waals surface area contributed by atoms with Crippen LogP contribution in [0.3, 0.4) is 0 Å². The molecule has 1 saturated heterocycles. The van der Waals surface area contributed by atoms with Crippen LogP contribution in [-0.4, -0.2) is 29.1 Å². The number of carbonyl (C=O) groups is 1. The second-order valence-electron chi connectivity index (χ2n) is 8.02. The third-order valence-electron chi connectivity index (χ3n) is 5.81. The maximum atomic E-state index is 12.2. The van der Waals surface area contributed by atoms with Crippen molar-refractivity contribution in [3.05, 3.63) is 58.7 Å². The first kappa shape index (κ1) is 19.8. The number of likely N-dealkylation sites (tertiary alicyclic amines) is 1. The summed E-state index contributed by atoms with van der Waals surface area (Å²) < 4.78 is 11.4. The molecule has 0 saturated carbocycles. The summed E-state index contributed by atoms with van der Waals surface area (Å²) in [6, 6.07) is 11.3. The van der Waals surface area contributed by atoms with Gasteiger partial charge in [-0.2, -0.15) is 0 Å². The topological polar surface area (TPSA) is 59.0 Å². The molecule has 2 aromatic carbocycles. The van der Waals surface area contributed by atoms with Gasteiger partial charge in [0.1, 0.15) is 24.2 Å². The molecular weight excluding hydrogens is 366 g/mol. The van der Waals surface area contributed by atoms with E-state index in [2.05, 4.69) is 11.8 Å². The molecule has 5 nitrogen and oxygen atoms in total. The number of ether oxygens (including phenoxy) is 2. The number of benzene rings is 2. The van der Waals surface area contributed by atoms with Crippen LogP contribution in [0.25, 0.3) is 0 Å². The maximum Gasteiger partial charge on any atom is 0.339 e. The molecule has 154 valence electrons. The van der Waals surface area contributed by atoms with E-state index in [4.69, 9.17) is 9.47 Å². The van der Waals surface area contributed by atoms with Crippen LogP contribution >= 0.6 is 0 Å². The molecule has 4 rings (SSSR count). The first-order valence-corrected chi connectivity index (χ1v) is 10.6. The summed E-state index contributed by atoms with van der Waals surface area (Å²) in [5.41, 5.74) is 3.41. The Morgan fingerprint density at radius 2 is 2.00 bits per heavy atom. The summed E-state index contributed by atoms with van der Waals surface area (Å²) in [6.45, 7) is 5.46. The Kier molecular flexibility index (Phi) is 6.05. The van der Waals surface area contributed by atoms with Gasteiger partial charge in [-0.1, -0.05) is 31.5 Å². The SMILES string of the molecule is CCCCC1OC(=O)c2cc(OCc3ccc(CN4CCCC4)c(O)c3)ccc21. The van der Waals surface area contributed by atoms with Crippen molar-refractivity contribution >= 4 is 5.97 Å². The number of aromatic hydroxyl groups is 1. The van der Waals surface area contributed by atoms with Gasteiger partial charge in [-0.3, -0.25) is 4.90 Å². The molecule has 2 aliphatic heterocycles. The van der Waals surface area contributed by atoms with Gasteiger partial charge in [-0.15, -0.1) is 0 Å². The monoisotopic (exact) mass is 395 g/mol. The van der Waals surface area contributed by atoms with Gasteiger partial charge in [-0.05, 0) is 62.5 Å². The molecule has 0 radical (unpaired) electrons. The summed E-state index contributed by atoms with van der Waals surface area (Å²) >= 11 is 0. The Labute approximate surface area is 172 Å². The van der Waals surface area contributed by atoms with Crippen LogP contribution in [0.4, 0.5) is 0 Å². The molecule has 0 bridgehead atoms. The van der Waals surface area contributed by atoms with E-state index in [1.807, 2.05) is 24.3 Å². The zero-order chi connectivity index (χ0) is 20.2. The highest BCUT2D eigenvalue weighted by atomic mass is 16.5. The van der Waals surface area contributed by atoms with Crippen molar-refractivity contribution in [2.75, 3.05) is 13.1 Å². The first-order chi connectivity index (χ1) is 14.1. The van der Waals surface area contributed by atoms with Gasteiger partial charge < -0.3 is 14.6 Å². The standard InChI is InChI=1S/C24H29NO4/c1-2-3-6-23-20-10-9-19(14-21(20)24(27)29-23)28-16-17-7-8-18(22(26)13-17)15-25-11-4-5-12-25/h7-10,13-14,23,26H,2-6,11-12,15-16H2,1H3. The van der Waals surface area contributed by atoms with Crippen molar-refractivity contribution in [3.63, 3.8) is 0 Å². The Bertz CT molecular complexity index is 873. The minimum Gasteiger partial charge on any atom is -0.508 e. The molecule has 1 unspecified atom stereocenters. The quantitative estimate of drug-likeness (QED) is 0.640. The highest BCUT2D eigenvalue weighted by Crippen LogP contribution is 2.36. The lowest BCUT2D eigenvalue weighted by atomic mass is 10.0. The zero-order valence-electron chi connectivity index (χ0n) is 17.0. The number of unbranched alkanes of at least 4 members (excludes halogenated alkanes) is 1. The van der Waals surface area contributed by atoms with Gasteiger partial charge in [0.2, 0.25) is 0 Å². The lowest BCUT2D eigenvalue weighted by Gasteiger charge is -2.16. The summed E-state index contributed by atoms with van der Waals surface area (Å²) in [4.78, 5) is 14.5. The van der Waals surface area contributed by atoms with Crippen LogP contribution < -0.4 is 4.74 Å². The fourth-order valence-corrected chi connectivity index (χ4v) is 4.12. The number of cyclic esters (lactones) is 1. The van der Waals surface area contributed by atoms with Gasteiger partial charge in [0.15, 0.2) is 0 Å². The molecule has 1 atom stereocenters. The van der Waals surface area contributed by atoms with E-state index in [0.717, 1.165) is 55.6 Å². The van der Waals surface area contributed by atoms with Gasteiger partial charge in [0.25, 0.3) is 0 Å². The van der Waals surface area contributed by atoms with E-state index in [-0.39, 0.29) is 12.1 Å². The van der Waals surface area contributed by atoms with Crippen LogP contribution in [0.1, 0.15) is 72.2 Å². The van der Waals surface area contributed by atoms with E-state index in [1.54, 1.807) is 12.1 Å². The van der Waals surface area contributed by atoms with E-state index in [9.17, 15) is 9.90 Å². The lowest BCUT2D eigenvalue weighted by Crippen LogP contribution is -2.18. The second kappa shape index (κ2) is 8.87. The average molecular weight is 395 g/mol. The van der Waals surface area contributed by atoms with Crippen LogP contribution in [0.2, 0.25) is 0 Å². The minimum absolute atomic E-state index is 0.133. The normalized spacial score (nSPS) is 18.7. The predicted octanol–water partition coefficient (Wildman–Crippen LogP) is 4.97. The molecule has 1 fully saturated rings. The number of phenolic OH excluding ortho intramolecular Hbond substituents is 1. The number of rotatable bonds is 8. The van der Waals surface area contributed by atoms with Crippen molar-refractivity contribution in [1.29, 1.82) is 0 Å². The third kappa shape index (κ3) is 4.56. The average Bonchev–Trinajstić information content (AvgIpc) is 3.34. The van der Waals surface area contributed by atoms with Gasteiger partial charge in [0.05, 0.1) is 5.56 Å². The maximum absolute atomic E-state index is 12.2. The molecule has 2 aliphatic rings. The van der Waals surface area contributed by atoms with Gasteiger partial charge in [-0.25, -0.2) is 4.79 Å². The molecule has 0 aromatic heterocycles. The summed E-state index contributed by atoms with van der Waals surface area (Å²) in [7, 11) is 0. The molecule has 1 N–H and O–H groups in total. The smallest absolute Gasteiger partial charge is 0.339 e. The molecular formula is C24H29NO4. The number of phenols is 1. The van der Waals surface area contributed by atoms with E-state index in [0.29, 0.717) is 23.7 Å². The Morgan fingerprint density at radius 3 is 2.76 bits per heavy atom. The Morgan fingerprint density at radius 1 is 1.17 bits per heavy atom. The number of nitrogens with zero attached hydrogens (tertiary/aromatic N) is 1. The highest BCUT2D eigenvalue weighted by molar-refractivity contribution is 5.94. The molecule has 0 aliphatic carbocycles. The molecule has 0 amide bonds. The van der Waals surface area contributed by atoms with Gasteiger partial charge in [0, 0.05) is 17.7 Å². The van der Waals surface area contributed by atoms with E-state index in [1.165, 1.54) is 12.8 Å². The van der Waals surface area contributed by atoms with Crippen molar-refractivity contribution in [3.8, 4) is 11.5 Å². The fourth-order valence-electron chi connectivity index (χ4n) is 4.12. The van der Waals surface area contributed by atoms with Crippen LogP contribution in [-0.2, 0) is 17.9 Å². The van der Waals surface area contributed by atoms with E-state index < -0.39 is 0 Å². The predicted molar refractivity (Wildman–Crippen MR) is 111 cm³/mol. The van der Waals surface area contributed by atoms with Crippen molar-refractivity contribution in [2.45, 2.75) is 58.3 Å². The largest absolute Gasteiger partial charge is 0.508 e.